The molecule has 1 unspecified atom stereocenters. The van der Waals surface area contributed by atoms with Gasteiger partial charge in [0.1, 0.15) is 11.5 Å². The topological polar surface area (TPSA) is 25.2 Å². The highest BCUT2D eigenvalue weighted by atomic mass is 79.9. The highest BCUT2D eigenvalue weighted by Gasteiger charge is 2.19. The number of rotatable bonds is 4. The molecule has 0 radical (unpaired) electrons. The number of benzene rings is 1. The van der Waals surface area contributed by atoms with Gasteiger partial charge in [0.05, 0.1) is 6.04 Å². The van der Waals surface area contributed by atoms with E-state index in [2.05, 4.69) is 53.3 Å². The fourth-order valence-corrected chi connectivity index (χ4v) is 2.49. The van der Waals surface area contributed by atoms with Crippen molar-refractivity contribution in [3.8, 4) is 0 Å². The predicted molar refractivity (Wildman–Crippen MR) is 77.8 cm³/mol. The Morgan fingerprint density at radius 3 is 2.61 bits per heavy atom. The van der Waals surface area contributed by atoms with Crippen molar-refractivity contribution in [2.75, 3.05) is 6.54 Å². The lowest BCUT2D eigenvalue weighted by molar-refractivity contribution is 0.434. The Morgan fingerprint density at radius 2 is 2.00 bits per heavy atom. The zero-order valence-electron chi connectivity index (χ0n) is 11.0. The number of nitrogens with one attached hydrogen (secondary N) is 1. The highest BCUT2D eigenvalue weighted by Crippen LogP contribution is 2.29. The van der Waals surface area contributed by atoms with Crippen LogP contribution in [0.1, 0.15) is 35.6 Å². The largest absolute Gasteiger partial charge is 0.464 e. The van der Waals surface area contributed by atoms with Crippen LogP contribution >= 0.6 is 15.9 Å². The lowest BCUT2D eigenvalue weighted by Gasteiger charge is -2.19. The Morgan fingerprint density at radius 1 is 1.22 bits per heavy atom. The molecule has 0 amide bonds. The second-order valence-electron chi connectivity index (χ2n) is 4.39. The summed E-state index contributed by atoms with van der Waals surface area (Å²) in [7, 11) is 0. The van der Waals surface area contributed by atoms with Gasteiger partial charge in [-0.2, -0.15) is 0 Å². The maximum Gasteiger partial charge on any atom is 0.125 e. The summed E-state index contributed by atoms with van der Waals surface area (Å²) in [5, 5.41) is 3.48. The molecule has 0 aliphatic rings. The van der Waals surface area contributed by atoms with Crippen LogP contribution in [-0.4, -0.2) is 6.54 Å². The molecule has 2 nitrogen and oxygen atoms in total. The number of furan rings is 1. The van der Waals surface area contributed by atoms with E-state index in [0.717, 1.165) is 22.5 Å². The lowest BCUT2D eigenvalue weighted by Crippen LogP contribution is -2.22. The number of hydrogen-bond donors (Lipinski definition) is 1. The number of aryl methyl sites for hydroxylation is 1. The van der Waals surface area contributed by atoms with Crippen LogP contribution in [0, 0.1) is 13.8 Å². The van der Waals surface area contributed by atoms with E-state index < -0.39 is 0 Å². The van der Waals surface area contributed by atoms with E-state index in [1.54, 1.807) is 0 Å². The van der Waals surface area contributed by atoms with Gasteiger partial charge in [-0.15, -0.1) is 0 Å². The van der Waals surface area contributed by atoms with Crippen LogP contribution in [-0.2, 0) is 0 Å². The standard InChI is InChI=1S/C15H18BrNO/c1-4-17-15(14-9-8-10(2)18-14)12-6-5-7-13(16)11(12)3/h5-9,15,17H,4H2,1-3H3. The molecular formula is C15H18BrNO. The van der Waals surface area contributed by atoms with E-state index in [1.807, 2.05) is 19.1 Å². The molecule has 1 aromatic carbocycles. The fourth-order valence-electron chi connectivity index (χ4n) is 2.11. The summed E-state index contributed by atoms with van der Waals surface area (Å²) < 4.78 is 6.90. The van der Waals surface area contributed by atoms with Gasteiger partial charge in [0, 0.05) is 4.47 Å². The van der Waals surface area contributed by atoms with Crippen LogP contribution < -0.4 is 5.32 Å². The molecule has 3 heteroatoms. The zero-order chi connectivity index (χ0) is 13.1. The quantitative estimate of drug-likeness (QED) is 0.908. The molecule has 0 fully saturated rings. The Balaban J connectivity index is 2.44. The second-order valence-corrected chi connectivity index (χ2v) is 5.25. The van der Waals surface area contributed by atoms with Crippen LogP contribution in [0.5, 0.6) is 0 Å². The molecule has 2 aromatic rings. The minimum Gasteiger partial charge on any atom is -0.464 e. The van der Waals surface area contributed by atoms with Gasteiger partial charge in [-0.25, -0.2) is 0 Å². The first-order valence-electron chi connectivity index (χ1n) is 6.18. The van der Waals surface area contributed by atoms with Crippen LogP contribution in [0.2, 0.25) is 0 Å². The monoisotopic (exact) mass is 307 g/mol. The molecule has 2 rings (SSSR count). The lowest BCUT2D eigenvalue weighted by atomic mass is 9.99. The zero-order valence-corrected chi connectivity index (χ0v) is 12.5. The maximum absolute atomic E-state index is 5.77. The Bertz CT molecular complexity index is 533. The molecule has 0 aliphatic heterocycles. The van der Waals surface area contributed by atoms with Gasteiger partial charge in [0.2, 0.25) is 0 Å². The molecule has 0 aliphatic carbocycles. The summed E-state index contributed by atoms with van der Waals surface area (Å²) in [5.74, 6) is 1.91. The molecule has 1 heterocycles. The van der Waals surface area contributed by atoms with E-state index in [4.69, 9.17) is 4.42 Å². The predicted octanol–water partition coefficient (Wildman–Crippen LogP) is 4.36. The van der Waals surface area contributed by atoms with E-state index in [1.165, 1.54) is 11.1 Å². The third-order valence-corrected chi connectivity index (χ3v) is 3.93. The van der Waals surface area contributed by atoms with Gasteiger partial charge < -0.3 is 9.73 Å². The minimum absolute atomic E-state index is 0.112. The molecule has 0 saturated carbocycles. The van der Waals surface area contributed by atoms with E-state index in [0.29, 0.717) is 0 Å². The Kier molecular flexibility index (Phi) is 4.25. The molecule has 1 aromatic heterocycles. The molecular weight excluding hydrogens is 290 g/mol. The first-order chi connectivity index (χ1) is 8.63. The van der Waals surface area contributed by atoms with Gasteiger partial charge in [-0.3, -0.25) is 0 Å². The maximum atomic E-state index is 5.77. The van der Waals surface area contributed by atoms with Crippen LogP contribution in [0.4, 0.5) is 0 Å². The van der Waals surface area contributed by atoms with Gasteiger partial charge in [0.25, 0.3) is 0 Å². The smallest absolute Gasteiger partial charge is 0.125 e. The molecule has 96 valence electrons. The van der Waals surface area contributed by atoms with E-state index in [9.17, 15) is 0 Å². The summed E-state index contributed by atoms with van der Waals surface area (Å²) in [5.41, 5.74) is 2.50. The first-order valence-corrected chi connectivity index (χ1v) is 6.97. The molecule has 1 atom stereocenters. The minimum atomic E-state index is 0.112. The molecule has 18 heavy (non-hydrogen) atoms. The van der Waals surface area contributed by atoms with Gasteiger partial charge >= 0.3 is 0 Å². The first kappa shape index (κ1) is 13.4. The molecule has 0 spiro atoms. The second kappa shape index (κ2) is 5.72. The molecule has 0 saturated heterocycles. The summed E-state index contributed by atoms with van der Waals surface area (Å²) >= 11 is 3.58. The summed E-state index contributed by atoms with van der Waals surface area (Å²) in [6.07, 6.45) is 0. The van der Waals surface area contributed by atoms with E-state index >= 15 is 0 Å². The summed E-state index contributed by atoms with van der Waals surface area (Å²) in [6, 6.07) is 10.4. The Hall–Kier alpha value is -1.06. The van der Waals surface area contributed by atoms with Gasteiger partial charge in [-0.05, 0) is 49.7 Å². The van der Waals surface area contributed by atoms with Gasteiger partial charge in [-0.1, -0.05) is 35.0 Å². The van der Waals surface area contributed by atoms with Crippen molar-refractivity contribution in [2.45, 2.75) is 26.8 Å². The van der Waals surface area contributed by atoms with Crippen molar-refractivity contribution in [1.29, 1.82) is 0 Å². The fraction of sp³-hybridized carbons (Fsp3) is 0.333. The van der Waals surface area contributed by atoms with Crippen LogP contribution in [0.25, 0.3) is 0 Å². The van der Waals surface area contributed by atoms with Crippen molar-refractivity contribution >= 4 is 15.9 Å². The molecule has 1 N–H and O–H groups in total. The normalized spacial score (nSPS) is 12.7. The van der Waals surface area contributed by atoms with Crippen molar-refractivity contribution in [2.24, 2.45) is 0 Å². The van der Waals surface area contributed by atoms with Crippen LogP contribution in [0.15, 0.2) is 39.2 Å². The summed E-state index contributed by atoms with van der Waals surface area (Å²) in [6.45, 7) is 7.10. The average Bonchev–Trinajstić information content (AvgIpc) is 2.77. The molecule has 0 bridgehead atoms. The van der Waals surface area contributed by atoms with Crippen molar-refractivity contribution in [3.63, 3.8) is 0 Å². The van der Waals surface area contributed by atoms with Crippen molar-refractivity contribution in [1.82, 2.24) is 5.32 Å². The summed E-state index contributed by atoms with van der Waals surface area (Å²) in [4.78, 5) is 0. The number of hydrogen-bond acceptors (Lipinski definition) is 2. The third-order valence-electron chi connectivity index (χ3n) is 3.07. The van der Waals surface area contributed by atoms with Crippen molar-refractivity contribution < 1.29 is 4.42 Å². The Labute approximate surface area is 117 Å². The third kappa shape index (κ3) is 2.68. The van der Waals surface area contributed by atoms with E-state index in [-0.39, 0.29) is 6.04 Å². The van der Waals surface area contributed by atoms with Gasteiger partial charge in [0.15, 0.2) is 0 Å². The van der Waals surface area contributed by atoms with Crippen LogP contribution in [0.3, 0.4) is 0 Å². The van der Waals surface area contributed by atoms with Crippen molar-refractivity contribution in [3.05, 3.63) is 57.5 Å². The highest BCUT2D eigenvalue weighted by molar-refractivity contribution is 9.10. The number of halogens is 1. The average molecular weight is 308 g/mol. The SMILES string of the molecule is CCNC(c1ccc(C)o1)c1cccc(Br)c1C.